The normalized spacial score (nSPS) is 16.1. The van der Waals surface area contributed by atoms with Crippen LogP contribution in [0.2, 0.25) is 0 Å². The van der Waals surface area contributed by atoms with E-state index in [1.807, 2.05) is 6.07 Å². The fourth-order valence-corrected chi connectivity index (χ4v) is 6.27. The molecule has 2 aliphatic rings. The molecule has 0 bridgehead atoms. The fraction of sp³-hybridized carbons (Fsp3) is 0.323. The topological polar surface area (TPSA) is 45.5 Å². The second-order valence-electron chi connectivity index (χ2n) is 10.0. The average Bonchev–Trinajstić information content (AvgIpc) is 3.14. The molecule has 4 aromatic rings. The Bertz CT molecular complexity index is 1370. The monoisotopic (exact) mass is 464 g/mol. The number of aromatic carboxylic acids is 1. The third-order valence-electron chi connectivity index (χ3n) is 7.97. The Morgan fingerprint density at radius 3 is 2.46 bits per heavy atom. The molecule has 4 heteroatoms. The maximum absolute atomic E-state index is 11.8. The van der Waals surface area contributed by atoms with E-state index in [1.165, 1.54) is 65.6 Å². The molecule has 1 N–H and O–H groups in total. The highest BCUT2D eigenvalue weighted by Gasteiger charge is 2.30. The summed E-state index contributed by atoms with van der Waals surface area (Å²) in [7, 11) is 0. The number of carbonyl (C=O) groups is 1. The van der Waals surface area contributed by atoms with E-state index in [4.69, 9.17) is 0 Å². The van der Waals surface area contributed by atoms with Crippen molar-refractivity contribution in [2.24, 2.45) is 0 Å². The van der Waals surface area contributed by atoms with Crippen molar-refractivity contribution in [2.45, 2.75) is 51.0 Å². The second-order valence-corrected chi connectivity index (χ2v) is 10.0. The second kappa shape index (κ2) is 9.26. The van der Waals surface area contributed by atoms with Gasteiger partial charge in [-0.05, 0) is 54.5 Å². The fourth-order valence-electron chi connectivity index (χ4n) is 6.27. The van der Waals surface area contributed by atoms with E-state index < -0.39 is 5.97 Å². The summed E-state index contributed by atoms with van der Waals surface area (Å²) in [6.07, 6.45) is 7.30. The molecule has 6 rings (SSSR count). The van der Waals surface area contributed by atoms with Crippen molar-refractivity contribution in [2.75, 3.05) is 18.0 Å². The molecule has 3 aromatic carbocycles. The summed E-state index contributed by atoms with van der Waals surface area (Å²) in [5.41, 5.74) is 8.12. The van der Waals surface area contributed by atoms with Crippen molar-refractivity contribution in [1.29, 1.82) is 0 Å². The number of rotatable bonds is 5. The van der Waals surface area contributed by atoms with Crippen molar-refractivity contribution in [3.8, 4) is 11.3 Å². The van der Waals surface area contributed by atoms with Crippen molar-refractivity contribution in [1.82, 2.24) is 4.57 Å². The van der Waals surface area contributed by atoms with Gasteiger partial charge in [0.05, 0.1) is 11.3 Å². The van der Waals surface area contributed by atoms with Gasteiger partial charge in [-0.15, -0.1) is 0 Å². The highest BCUT2D eigenvalue weighted by molar-refractivity contribution is 5.99. The van der Waals surface area contributed by atoms with Gasteiger partial charge in [0.1, 0.15) is 0 Å². The number of para-hydroxylation sites is 1. The number of hydrogen-bond donors (Lipinski definition) is 1. The van der Waals surface area contributed by atoms with Gasteiger partial charge in [-0.3, -0.25) is 0 Å². The van der Waals surface area contributed by atoms with E-state index in [9.17, 15) is 9.90 Å². The summed E-state index contributed by atoms with van der Waals surface area (Å²) in [4.78, 5) is 14.4. The van der Waals surface area contributed by atoms with E-state index in [-0.39, 0.29) is 0 Å². The maximum Gasteiger partial charge on any atom is 0.335 e. The molecule has 1 aliphatic carbocycles. The number of aromatic nitrogens is 1. The molecule has 0 radical (unpaired) electrons. The van der Waals surface area contributed by atoms with Crippen LogP contribution in [0.25, 0.3) is 22.2 Å². The zero-order chi connectivity index (χ0) is 23.8. The minimum Gasteiger partial charge on any atom is -0.478 e. The van der Waals surface area contributed by atoms with Crippen LogP contribution in [0, 0.1) is 0 Å². The van der Waals surface area contributed by atoms with E-state index >= 15 is 0 Å². The average molecular weight is 465 g/mol. The van der Waals surface area contributed by atoms with Crippen LogP contribution in [-0.2, 0) is 13.0 Å². The maximum atomic E-state index is 11.8. The molecule has 1 aliphatic heterocycles. The zero-order valence-corrected chi connectivity index (χ0v) is 20.1. The first-order valence-corrected chi connectivity index (χ1v) is 13.0. The number of hydrogen-bond acceptors (Lipinski definition) is 2. The van der Waals surface area contributed by atoms with Crippen LogP contribution in [0.15, 0.2) is 72.8 Å². The molecule has 4 nitrogen and oxygen atoms in total. The van der Waals surface area contributed by atoms with E-state index in [0.29, 0.717) is 11.5 Å². The highest BCUT2D eigenvalue weighted by Crippen LogP contribution is 2.47. The summed E-state index contributed by atoms with van der Waals surface area (Å²) >= 11 is 0. The Balaban J connectivity index is 1.50. The van der Waals surface area contributed by atoms with Gasteiger partial charge in [0.25, 0.3) is 0 Å². The van der Waals surface area contributed by atoms with Gasteiger partial charge in [0, 0.05) is 41.8 Å². The minimum absolute atomic E-state index is 0.367. The molecule has 178 valence electrons. The lowest BCUT2D eigenvalue weighted by Crippen LogP contribution is -2.28. The molecule has 0 spiro atoms. The molecule has 0 atom stereocenters. The van der Waals surface area contributed by atoms with Crippen LogP contribution in [-0.4, -0.2) is 28.7 Å². The quantitative estimate of drug-likeness (QED) is 0.342. The molecular weight excluding hydrogens is 432 g/mol. The van der Waals surface area contributed by atoms with E-state index in [2.05, 4.69) is 70.1 Å². The third kappa shape index (κ3) is 4.01. The van der Waals surface area contributed by atoms with E-state index in [0.717, 1.165) is 31.6 Å². The molecule has 35 heavy (non-hydrogen) atoms. The minimum atomic E-state index is -0.861. The van der Waals surface area contributed by atoms with Crippen LogP contribution in [0.3, 0.4) is 0 Å². The Labute approximate surface area is 206 Å². The van der Waals surface area contributed by atoms with Gasteiger partial charge in [0.15, 0.2) is 0 Å². The van der Waals surface area contributed by atoms with Gasteiger partial charge >= 0.3 is 5.97 Å². The molecule has 0 unspecified atom stereocenters. The third-order valence-corrected chi connectivity index (χ3v) is 7.97. The molecule has 1 fully saturated rings. The summed E-state index contributed by atoms with van der Waals surface area (Å²) < 4.78 is 2.42. The Morgan fingerprint density at radius 2 is 1.66 bits per heavy atom. The summed E-state index contributed by atoms with van der Waals surface area (Å²) in [6.45, 7) is 2.72. The number of nitrogens with zero attached hydrogens (tertiary/aromatic N) is 2. The Morgan fingerprint density at radius 1 is 0.886 bits per heavy atom. The molecule has 1 aromatic heterocycles. The van der Waals surface area contributed by atoms with Crippen molar-refractivity contribution in [3.63, 3.8) is 0 Å². The van der Waals surface area contributed by atoms with Crippen LogP contribution in [0.4, 0.5) is 5.69 Å². The van der Waals surface area contributed by atoms with Crippen molar-refractivity contribution < 1.29 is 9.90 Å². The number of benzene rings is 3. The van der Waals surface area contributed by atoms with Crippen LogP contribution in [0.5, 0.6) is 0 Å². The number of anilines is 1. The lowest BCUT2D eigenvalue weighted by Gasteiger charge is -2.26. The predicted molar refractivity (Wildman–Crippen MR) is 143 cm³/mol. The van der Waals surface area contributed by atoms with Gasteiger partial charge in [-0.2, -0.15) is 0 Å². The molecular formula is C31H32N2O2. The number of fused-ring (bicyclic) bond motifs is 5. The highest BCUT2D eigenvalue weighted by atomic mass is 16.4. The summed E-state index contributed by atoms with van der Waals surface area (Å²) in [5, 5.41) is 11.0. The lowest BCUT2D eigenvalue weighted by molar-refractivity contribution is 0.0697. The first-order chi connectivity index (χ1) is 17.2. The van der Waals surface area contributed by atoms with Crippen molar-refractivity contribution >= 4 is 22.6 Å². The summed E-state index contributed by atoms with van der Waals surface area (Å²) in [5.74, 6) is -0.331. The predicted octanol–water partition coefficient (Wildman–Crippen LogP) is 7.12. The summed E-state index contributed by atoms with van der Waals surface area (Å²) in [6, 6.07) is 25.3. The van der Waals surface area contributed by atoms with Crippen LogP contribution < -0.4 is 4.90 Å². The number of carboxylic acid groups (broad SMARTS) is 1. The largest absolute Gasteiger partial charge is 0.478 e. The standard InChI is InChI=1S/C31H32N2O2/c34-31(35)24-15-16-25-28(21-24)33-20-19-32(18-17-22-9-3-1-4-10-22)27-14-8-7-13-26(27)30(33)29(25)23-11-5-2-6-12-23/h1,3-4,7-10,13-16,21,23H,2,5-6,11-12,17-20H2,(H,34,35). The van der Waals surface area contributed by atoms with E-state index in [1.54, 1.807) is 6.07 Å². The Kier molecular flexibility index (Phi) is 5.81. The zero-order valence-electron chi connectivity index (χ0n) is 20.1. The van der Waals surface area contributed by atoms with Gasteiger partial charge < -0.3 is 14.6 Å². The smallest absolute Gasteiger partial charge is 0.335 e. The SMILES string of the molecule is O=C(O)c1ccc2c(C3CCCCC3)c3n(c2c1)CCN(CCc1ccccc1)c1ccccc1-3. The van der Waals surface area contributed by atoms with Gasteiger partial charge in [-0.25, -0.2) is 4.79 Å². The first-order valence-electron chi connectivity index (χ1n) is 13.0. The molecule has 0 amide bonds. The Hall–Kier alpha value is -3.53. The van der Waals surface area contributed by atoms with Gasteiger partial charge in [-0.1, -0.05) is 73.9 Å². The molecule has 1 saturated carbocycles. The first kappa shape index (κ1) is 22.0. The van der Waals surface area contributed by atoms with Gasteiger partial charge in [0.2, 0.25) is 0 Å². The van der Waals surface area contributed by atoms with Crippen molar-refractivity contribution in [3.05, 3.63) is 89.5 Å². The van der Waals surface area contributed by atoms with Crippen LogP contribution in [0.1, 0.15) is 59.5 Å². The van der Waals surface area contributed by atoms with Crippen LogP contribution >= 0.6 is 0 Å². The molecule has 0 saturated heterocycles. The number of carboxylic acids is 1. The lowest BCUT2D eigenvalue weighted by atomic mass is 9.81. The molecule has 2 heterocycles.